The SMILES string of the molecule is CCc1nc2ccc(C(=O)NCCNC(C)=O)cc2[nH]1. The molecule has 0 aliphatic carbocycles. The van der Waals surface area contributed by atoms with Crippen molar-refractivity contribution in [3.8, 4) is 0 Å². The number of aryl methyl sites for hydroxylation is 1. The van der Waals surface area contributed by atoms with Crippen molar-refractivity contribution < 1.29 is 9.59 Å². The van der Waals surface area contributed by atoms with Gasteiger partial charge in [-0.05, 0) is 18.2 Å². The molecule has 0 bridgehead atoms. The molecule has 1 heterocycles. The van der Waals surface area contributed by atoms with Crippen LogP contribution in [0.25, 0.3) is 11.0 Å². The molecule has 0 fully saturated rings. The maximum Gasteiger partial charge on any atom is 0.251 e. The second-order valence-electron chi connectivity index (χ2n) is 4.51. The topological polar surface area (TPSA) is 86.9 Å². The van der Waals surface area contributed by atoms with Crippen molar-refractivity contribution in [3.63, 3.8) is 0 Å². The third kappa shape index (κ3) is 3.34. The molecule has 0 aliphatic heterocycles. The third-order valence-electron chi connectivity index (χ3n) is 2.91. The molecule has 0 radical (unpaired) electrons. The van der Waals surface area contributed by atoms with Crippen LogP contribution in [-0.2, 0) is 11.2 Å². The minimum Gasteiger partial charge on any atom is -0.355 e. The molecule has 2 aromatic rings. The second kappa shape index (κ2) is 6.18. The van der Waals surface area contributed by atoms with Crippen molar-refractivity contribution in [1.82, 2.24) is 20.6 Å². The van der Waals surface area contributed by atoms with Crippen LogP contribution < -0.4 is 10.6 Å². The van der Waals surface area contributed by atoms with Gasteiger partial charge < -0.3 is 15.6 Å². The fraction of sp³-hybridized carbons (Fsp3) is 0.357. The molecule has 2 rings (SSSR count). The summed E-state index contributed by atoms with van der Waals surface area (Å²) in [7, 11) is 0. The molecule has 6 nitrogen and oxygen atoms in total. The molecule has 0 spiro atoms. The molecule has 2 amide bonds. The number of aromatic amines is 1. The first-order chi connectivity index (χ1) is 9.60. The average molecular weight is 274 g/mol. The lowest BCUT2D eigenvalue weighted by molar-refractivity contribution is -0.118. The first-order valence-electron chi connectivity index (χ1n) is 6.61. The van der Waals surface area contributed by atoms with E-state index < -0.39 is 0 Å². The first-order valence-corrected chi connectivity index (χ1v) is 6.61. The Labute approximate surface area is 117 Å². The molecule has 1 aromatic heterocycles. The predicted octanol–water partition coefficient (Wildman–Crippen LogP) is 0.991. The van der Waals surface area contributed by atoms with E-state index in [0.717, 1.165) is 23.3 Å². The third-order valence-corrected chi connectivity index (χ3v) is 2.91. The van der Waals surface area contributed by atoms with E-state index >= 15 is 0 Å². The molecular weight excluding hydrogens is 256 g/mol. The number of carbonyl (C=O) groups excluding carboxylic acids is 2. The zero-order valence-corrected chi connectivity index (χ0v) is 11.6. The van der Waals surface area contributed by atoms with Gasteiger partial charge in [0.25, 0.3) is 5.91 Å². The van der Waals surface area contributed by atoms with Crippen LogP contribution in [0.15, 0.2) is 18.2 Å². The molecule has 3 N–H and O–H groups in total. The number of nitrogens with zero attached hydrogens (tertiary/aromatic N) is 1. The highest BCUT2D eigenvalue weighted by atomic mass is 16.2. The fourth-order valence-electron chi connectivity index (χ4n) is 1.89. The summed E-state index contributed by atoms with van der Waals surface area (Å²) in [5.41, 5.74) is 2.29. The van der Waals surface area contributed by atoms with E-state index in [1.807, 2.05) is 13.0 Å². The Bertz CT molecular complexity index is 633. The monoisotopic (exact) mass is 274 g/mol. The van der Waals surface area contributed by atoms with Gasteiger partial charge in [-0.2, -0.15) is 0 Å². The van der Waals surface area contributed by atoms with E-state index in [4.69, 9.17) is 0 Å². The molecular formula is C14H18N4O2. The number of carbonyl (C=O) groups is 2. The van der Waals surface area contributed by atoms with Crippen LogP contribution in [0.5, 0.6) is 0 Å². The Kier molecular flexibility index (Phi) is 4.34. The van der Waals surface area contributed by atoms with Gasteiger partial charge in [0.2, 0.25) is 5.91 Å². The normalized spacial score (nSPS) is 10.5. The molecule has 6 heteroatoms. The van der Waals surface area contributed by atoms with Crippen LogP contribution in [-0.4, -0.2) is 34.9 Å². The number of nitrogens with one attached hydrogen (secondary N) is 3. The Morgan fingerprint density at radius 1 is 1.25 bits per heavy atom. The van der Waals surface area contributed by atoms with Gasteiger partial charge >= 0.3 is 0 Å². The highest BCUT2D eigenvalue weighted by Crippen LogP contribution is 2.14. The number of hydrogen-bond donors (Lipinski definition) is 3. The summed E-state index contributed by atoms with van der Waals surface area (Å²) in [5.74, 6) is 0.637. The molecule has 106 valence electrons. The van der Waals surface area contributed by atoms with Crippen LogP contribution in [0.2, 0.25) is 0 Å². The lowest BCUT2D eigenvalue weighted by Crippen LogP contribution is -2.33. The summed E-state index contributed by atoms with van der Waals surface area (Å²) in [5, 5.41) is 5.37. The van der Waals surface area contributed by atoms with E-state index in [1.54, 1.807) is 12.1 Å². The molecule has 20 heavy (non-hydrogen) atoms. The number of rotatable bonds is 5. The van der Waals surface area contributed by atoms with Gasteiger partial charge in [-0.1, -0.05) is 6.92 Å². The molecule has 0 aliphatic rings. The van der Waals surface area contributed by atoms with E-state index in [9.17, 15) is 9.59 Å². The highest BCUT2D eigenvalue weighted by molar-refractivity contribution is 5.97. The largest absolute Gasteiger partial charge is 0.355 e. The van der Waals surface area contributed by atoms with Gasteiger partial charge in [-0.15, -0.1) is 0 Å². The zero-order valence-electron chi connectivity index (χ0n) is 11.6. The molecule has 1 aromatic carbocycles. The lowest BCUT2D eigenvalue weighted by Gasteiger charge is -2.05. The minimum absolute atomic E-state index is 0.106. The Morgan fingerprint density at radius 2 is 2.00 bits per heavy atom. The van der Waals surface area contributed by atoms with Gasteiger partial charge in [0, 0.05) is 32.0 Å². The van der Waals surface area contributed by atoms with Crippen LogP contribution in [0.1, 0.15) is 30.0 Å². The van der Waals surface area contributed by atoms with Crippen molar-refractivity contribution >= 4 is 22.8 Å². The molecule has 0 unspecified atom stereocenters. The van der Waals surface area contributed by atoms with Crippen LogP contribution in [0, 0.1) is 0 Å². The zero-order chi connectivity index (χ0) is 14.5. The van der Waals surface area contributed by atoms with Crippen molar-refractivity contribution in [2.45, 2.75) is 20.3 Å². The van der Waals surface area contributed by atoms with Crippen molar-refractivity contribution in [2.75, 3.05) is 13.1 Å². The molecule has 0 atom stereocenters. The standard InChI is InChI=1S/C14H18N4O2/c1-3-13-17-11-5-4-10(8-12(11)18-13)14(20)16-7-6-15-9(2)19/h4-5,8H,3,6-7H2,1-2H3,(H,15,19)(H,16,20)(H,17,18). The maximum absolute atomic E-state index is 12.0. The van der Waals surface area contributed by atoms with Crippen molar-refractivity contribution in [3.05, 3.63) is 29.6 Å². The first kappa shape index (κ1) is 14.0. The van der Waals surface area contributed by atoms with Crippen molar-refractivity contribution in [2.24, 2.45) is 0 Å². The maximum atomic E-state index is 12.0. The summed E-state index contributed by atoms with van der Waals surface area (Å²) in [4.78, 5) is 30.2. The fourth-order valence-corrected chi connectivity index (χ4v) is 1.89. The predicted molar refractivity (Wildman–Crippen MR) is 76.5 cm³/mol. The van der Waals surface area contributed by atoms with Crippen LogP contribution >= 0.6 is 0 Å². The number of fused-ring (bicyclic) bond motifs is 1. The Balaban J connectivity index is 2.00. The van der Waals surface area contributed by atoms with E-state index in [1.165, 1.54) is 6.92 Å². The summed E-state index contributed by atoms with van der Waals surface area (Å²) < 4.78 is 0. The lowest BCUT2D eigenvalue weighted by atomic mass is 10.2. The number of benzene rings is 1. The Hall–Kier alpha value is -2.37. The second-order valence-corrected chi connectivity index (χ2v) is 4.51. The summed E-state index contributed by atoms with van der Waals surface area (Å²) in [6, 6.07) is 5.36. The van der Waals surface area contributed by atoms with Gasteiger partial charge in [0.1, 0.15) is 5.82 Å². The minimum atomic E-state index is -0.162. The van der Waals surface area contributed by atoms with Gasteiger partial charge in [0.05, 0.1) is 11.0 Å². The number of H-pyrrole nitrogens is 1. The van der Waals surface area contributed by atoms with Crippen molar-refractivity contribution in [1.29, 1.82) is 0 Å². The summed E-state index contributed by atoms with van der Waals surface area (Å²) in [6.45, 7) is 4.29. The van der Waals surface area contributed by atoms with Gasteiger partial charge in [-0.3, -0.25) is 9.59 Å². The molecule has 0 saturated heterocycles. The van der Waals surface area contributed by atoms with E-state index in [2.05, 4.69) is 20.6 Å². The average Bonchev–Trinajstić information content (AvgIpc) is 2.85. The number of amides is 2. The van der Waals surface area contributed by atoms with E-state index in [-0.39, 0.29) is 11.8 Å². The van der Waals surface area contributed by atoms with Crippen LogP contribution in [0.4, 0.5) is 0 Å². The highest BCUT2D eigenvalue weighted by Gasteiger charge is 2.08. The quantitative estimate of drug-likeness (QED) is 0.711. The Morgan fingerprint density at radius 3 is 2.70 bits per heavy atom. The van der Waals surface area contributed by atoms with Crippen LogP contribution in [0.3, 0.4) is 0 Å². The molecule has 0 saturated carbocycles. The smallest absolute Gasteiger partial charge is 0.251 e. The van der Waals surface area contributed by atoms with E-state index in [0.29, 0.717) is 18.7 Å². The number of imidazole rings is 1. The number of hydrogen-bond acceptors (Lipinski definition) is 3. The number of aromatic nitrogens is 2. The summed E-state index contributed by atoms with van der Waals surface area (Å²) >= 11 is 0. The van der Waals surface area contributed by atoms with Gasteiger partial charge in [-0.25, -0.2) is 4.98 Å². The van der Waals surface area contributed by atoms with Gasteiger partial charge in [0.15, 0.2) is 0 Å². The summed E-state index contributed by atoms with van der Waals surface area (Å²) in [6.07, 6.45) is 0.826.